The minimum atomic E-state index is -2.17. The molecule has 11 N–H and O–H groups in total. The molecule has 0 aliphatic rings. The van der Waals surface area contributed by atoms with Gasteiger partial charge in [0.1, 0.15) is 0 Å². The molecule has 0 saturated heterocycles. The van der Waals surface area contributed by atoms with Gasteiger partial charge in [0.15, 0.2) is 0 Å². The molecular formula is H15BK4O7. The van der Waals surface area contributed by atoms with Gasteiger partial charge in [-0.15, -0.1) is 0 Å². The Balaban J connectivity index is -0.00000000161. The topological polar surface area (TPSA) is 187 Å². The number of hydrogen-bond acceptors (Lipinski definition) is 3. The van der Waals surface area contributed by atoms with Crippen LogP contribution < -0.4 is 0 Å². The fourth-order valence-corrected chi connectivity index (χ4v) is 0. The van der Waals surface area contributed by atoms with E-state index in [0.717, 1.165) is 0 Å². The molecule has 0 amide bonds. The first-order valence-electron chi connectivity index (χ1n) is 0.775. The summed E-state index contributed by atoms with van der Waals surface area (Å²) < 4.78 is 0. The molecule has 0 saturated carbocycles. The maximum absolute atomic E-state index is 7.17. The van der Waals surface area contributed by atoms with Gasteiger partial charge in [0.05, 0.1) is 0 Å². The van der Waals surface area contributed by atoms with Gasteiger partial charge in [0.2, 0.25) is 0 Å². The zero-order valence-corrected chi connectivity index (χ0v) is 3.92. The third-order valence-electron chi connectivity index (χ3n) is 0. The predicted octanol–water partition coefficient (Wildman–Crippen LogP) is -7.94. The zero-order valence-electron chi connectivity index (χ0n) is 3.92. The second-order valence-corrected chi connectivity index (χ2v) is 0.346. The molecule has 7 nitrogen and oxygen atoms in total. The Kier molecular flexibility index (Phi) is 280. The second kappa shape index (κ2) is 53.1. The van der Waals surface area contributed by atoms with Crippen LogP contribution in [0.15, 0.2) is 0 Å². The van der Waals surface area contributed by atoms with Crippen LogP contribution in [0.3, 0.4) is 0 Å². The Morgan fingerprint density at radius 2 is 0.500 bits per heavy atom. The first-order chi connectivity index (χ1) is 1.73. The summed E-state index contributed by atoms with van der Waals surface area (Å²) in [6.45, 7) is 0. The van der Waals surface area contributed by atoms with E-state index in [1.54, 1.807) is 0 Å². The van der Waals surface area contributed by atoms with E-state index in [-0.39, 0.29) is 227 Å². The molecule has 0 bridgehead atoms. The van der Waals surface area contributed by atoms with Gasteiger partial charge in [-0.2, -0.15) is 0 Å². The van der Waals surface area contributed by atoms with Gasteiger partial charge in [-0.3, -0.25) is 0 Å². The molecule has 0 aromatic rings. The van der Waals surface area contributed by atoms with E-state index in [0.29, 0.717) is 0 Å². The third-order valence-corrected chi connectivity index (χ3v) is 0. The first-order valence-corrected chi connectivity index (χ1v) is 0.775. The Morgan fingerprint density at radius 1 is 0.500 bits per heavy atom. The fourth-order valence-electron chi connectivity index (χ4n) is 0. The molecule has 0 aliphatic carbocycles. The standard InChI is InChI=1S/BH3O3.4K.4H2O.4H/c2-1(3)4;;;;;;;;;;;;/h2-4H;;;;;4*1H2;;;;. The Hall–Kier alpha value is 6.33. The van der Waals surface area contributed by atoms with E-state index in [4.69, 9.17) is 15.1 Å². The van der Waals surface area contributed by atoms with Crippen molar-refractivity contribution < 1.29 is 37.0 Å². The van der Waals surface area contributed by atoms with Gasteiger partial charge in [0.25, 0.3) is 0 Å². The number of rotatable bonds is 0. The summed E-state index contributed by atoms with van der Waals surface area (Å²) in [4.78, 5) is 0. The van der Waals surface area contributed by atoms with Crippen molar-refractivity contribution >= 4 is 213 Å². The summed E-state index contributed by atoms with van der Waals surface area (Å²) in [5, 5.41) is 21.5. The minimum absolute atomic E-state index is 0. The Morgan fingerprint density at radius 3 is 0.500 bits per heavy atom. The van der Waals surface area contributed by atoms with Crippen LogP contribution in [-0.2, 0) is 0 Å². The molecule has 0 fully saturated rings. The molecule has 0 unspecified atom stereocenters. The van der Waals surface area contributed by atoms with Gasteiger partial charge in [-0.25, -0.2) is 0 Å². The van der Waals surface area contributed by atoms with Crippen LogP contribution in [0.1, 0.15) is 0 Å². The van der Waals surface area contributed by atoms with Crippen molar-refractivity contribution in [1.29, 1.82) is 0 Å². The van der Waals surface area contributed by atoms with Crippen molar-refractivity contribution in [2.24, 2.45) is 0 Å². The molecule has 0 aromatic carbocycles. The summed E-state index contributed by atoms with van der Waals surface area (Å²) >= 11 is 0. The van der Waals surface area contributed by atoms with E-state index in [1.165, 1.54) is 0 Å². The van der Waals surface area contributed by atoms with Crippen molar-refractivity contribution in [3.8, 4) is 0 Å². The molecule has 0 rings (SSSR count). The first kappa shape index (κ1) is 63.2. The summed E-state index contributed by atoms with van der Waals surface area (Å²) in [5.74, 6) is 0. The van der Waals surface area contributed by atoms with E-state index < -0.39 is 7.32 Å². The fraction of sp³-hybridized carbons (Fsp3) is 0. The van der Waals surface area contributed by atoms with Crippen LogP contribution in [0.4, 0.5) is 0 Å². The molecule has 0 atom stereocenters. The van der Waals surface area contributed by atoms with Gasteiger partial charge in [0, 0.05) is 0 Å². The van der Waals surface area contributed by atoms with Gasteiger partial charge < -0.3 is 37.0 Å². The quantitative estimate of drug-likeness (QED) is 0.375. The summed E-state index contributed by atoms with van der Waals surface area (Å²) in [5.41, 5.74) is 0. The summed E-state index contributed by atoms with van der Waals surface area (Å²) in [7, 11) is -2.17. The van der Waals surface area contributed by atoms with Crippen LogP contribution in [0.2, 0.25) is 0 Å². The SMILES string of the molecule is O.O.O.O.OB(O)O.[KH].[KH].[KH].[KH]. The average Bonchev–Trinajstić information content (AvgIpc) is 0.811. The summed E-state index contributed by atoms with van der Waals surface area (Å²) in [6.07, 6.45) is 0. The van der Waals surface area contributed by atoms with E-state index in [2.05, 4.69) is 0 Å². The van der Waals surface area contributed by atoms with Gasteiger partial charge in [-0.05, 0) is 0 Å². The monoisotopic (exact) mass is 294 g/mol. The van der Waals surface area contributed by atoms with Gasteiger partial charge in [-0.1, -0.05) is 0 Å². The molecule has 0 heterocycles. The van der Waals surface area contributed by atoms with Crippen LogP contribution in [0.5, 0.6) is 0 Å². The van der Waals surface area contributed by atoms with E-state index in [1.807, 2.05) is 0 Å². The summed E-state index contributed by atoms with van der Waals surface area (Å²) in [6, 6.07) is 0. The Labute approximate surface area is 241 Å². The van der Waals surface area contributed by atoms with Crippen molar-refractivity contribution in [2.75, 3.05) is 0 Å². The van der Waals surface area contributed by atoms with Crippen molar-refractivity contribution in [3.05, 3.63) is 0 Å². The molecule has 12 heteroatoms. The normalized spacial score (nSPS) is 2.25. The van der Waals surface area contributed by atoms with Crippen LogP contribution in [0, 0.1) is 0 Å². The second-order valence-electron chi connectivity index (χ2n) is 0.346. The van der Waals surface area contributed by atoms with Crippen molar-refractivity contribution in [2.45, 2.75) is 0 Å². The van der Waals surface area contributed by atoms with Gasteiger partial charge >= 0.3 is 213 Å². The third kappa shape index (κ3) is 95.8. The van der Waals surface area contributed by atoms with Crippen molar-refractivity contribution in [3.63, 3.8) is 0 Å². The maximum atomic E-state index is 7.17. The molecule has 0 aliphatic heterocycles. The van der Waals surface area contributed by atoms with Crippen LogP contribution in [0.25, 0.3) is 0 Å². The zero-order chi connectivity index (χ0) is 3.58. The van der Waals surface area contributed by atoms with Crippen molar-refractivity contribution in [1.82, 2.24) is 0 Å². The van der Waals surface area contributed by atoms with Crippen LogP contribution >= 0.6 is 0 Å². The molecule has 64 valence electrons. The van der Waals surface area contributed by atoms with Crippen LogP contribution in [-0.4, -0.2) is 250 Å². The molecule has 0 radical (unpaired) electrons. The molecule has 12 heavy (non-hydrogen) atoms. The predicted molar refractivity (Wildman–Crippen MR) is 55.5 cm³/mol. The van der Waals surface area contributed by atoms with E-state index >= 15 is 0 Å². The number of hydrogen-bond donors (Lipinski definition) is 3. The Bertz CT molecular complexity index is 20.1. The van der Waals surface area contributed by atoms with E-state index in [9.17, 15) is 0 Å². The molecular weight excluding hydrogens is 279 g/mol. The average molecular weight is 294 g/mol. The molecule has 0 aromatic heterocycles. The molecule has 0 spiro atoms.